The van der Waals surface area contributed by atoms with Gasteiger partial charge in [-0.3, -0.25) is 14.5 Å². The summed E-state index contributed by atoms with van der Waals surface area (Å²) >= 11 is 0. The topological polar surface area (TPSA) is 57.6 Å². The standard InChI is InChI=1S/C18H25NO3/c1-12(2)14-6-8-15(9-7-14)17(20)13(3)19-10-4-5-16(11-19)18(21)22/h6-9,12-13,16H,4-5,10-11H2,1-3H3,(H,21,22). The molecule has 4 heteroatoms. The molecule has 1 aliphatic heterocycles. The van der Waals surface area contributed by atoms with Gasteiger partial charge in [-0.25, -0.2) is 0 Å². The molecule has 0 saturated carbocycles. The number of carboxylic acids is 1. The molecule has 1 fully saturated rings. The van der Waals surface area contributed by atoms with Crippen LogP contribution >= 0.6 is 0 Å². The van der Waals surface area contributed by atoms with Crippen LogP contribution in [0.5, 0.6) is 0 Å². The largest absolute Gasteiger partial charge is 0.481 e. The first kappa shape index (κ1) is 16.7. The van der Waals surface area contributed by atoms with Gasteiger partial charge in [0.25, 0.3) is 0 Å². The zero-order valence-electron chi connectivity index (χ0n) is 13.6. The zero-order valence-corrected chi connectivity index (χ0v) is 13.6. The van der Waals surface area contributed by atoms with Crippen molar-refractivity contribution in [2.24, 2.45) is 5.92 Å². The number of nitrogens with zero attached hydrogens (tertiary/aromatic N) is 1. The van der Waals surface area contributed by atoms with Crippen LogP contribution in [-0.2, 0) is 4.79 Å². The molecule has 0 spiro atoms. The van der Waals surface area contributed by atoms with E-state index in [4.69, 9.17) is 5.11 Å². The van der Waals surface area contributed by atoms with Crippen molar-refractivity contribution in [2.75, 3.05) is 13.1 Å². The number of hydrogen-bond acceptors (Lipinski definition) is 3. The third-order valence-corrected chi connectivity index (χ3v) is 4.59. The van der Waals surface area contributed by atoms with Gasteiger partial charge in [0, 0.05) is 12.1 Å². The van der Waals surface area contributed by atoms with E-state index < -0.39 is 5.97 Å². The second kappa shape index (κ2) is 7.05. The van der Waals surface area contributed by atoms with Crippen molar-refractivity contribution in [3.63, 3.8) is 0 Å². The number of carboxylic acid groups (broad SMARTS) is 1. The minimum atomic E-state index is -0.759. The van der Waals surface area contributed by atoms with Crippen molar-refractivity contribution in [3.05, 3.63) is 35.4 Å². The van der Waals surface area contributed by atoms with Crippen LogP contribution in [0.3, 0.4) is 0 Å². The quantitative estimate of drug-likeness (QED) is 0.849. The molecule has 1 heterocycles. The van der Waals surface area contributed by atoms with Crippen LogP contribution in [0.1, 0.15) is 55.5 Å². The van der Waals surface area contributed by atoms with Gasteiger partial charge in [0.1, 0.15) is 0 Å². The Bertz CT molecular complexity index is 536. The molecule has 2 rings (SSSR count). The predicted molar refractivity (Wildman–Crippen MR) is 86.3 cm³/mol. The number of hydrogen-bond donors (Lipinski definition) is 1. The second-order valence-corrected chi connectivity index (χ2v) is 6.49. The van der Waals surface area contributed by atoms with Crippen molar-refractivity contribution < 1.29 is 14.7 Å². The van der Waals surface area contributed by atoms with E-state index in [0.29, 0.717) is 24.4 Å². The monoisotopic (exact) mass is 303 g/mol. The van der Waals surface area contributed by atoms with Crippen LogP contribution in [0.4, 0.5) is 0 Å². The summed E-state index contributed by atoms with van der Waals surface area (Å²) in [6, 6.07) is 7.49. The fourth-order valence-electron chi connectivity index (χ4n) is 3.00. The lowest BCUT2D eigenvalue weighted by molar-refractivity contribution is -0.143. The Kier molecular flexibility index (Phi) is 5.35. The summed E-state index contributed by atoms with van der Waals surface area (Å²) in [6.45, 7) is 7.38. The molecule has 0 aromatic heterocycles. The van der Waals surface area contributed by atoms with E-state index in [1.54, 1.807) is 0 Å². The number of ketones is 1. The number of Topliss-reactive ketones (excluding diaryl/α,β-unsaturated/α-hetero) is 1. The van der Waals surface area contributed by atoms with Crippen LogP contribution in [-0.4, -0.2) is 40.9 Å². The summed E-state index contributed by atoms with van der Waals surface area (Å²) in [6.07, 6.45) is 1.54. The smallest absolute Gasteiger partial charge is 0.307 e. The number of aliphatic carboxylic acids is 1. The summed E-state index contributed by atoms with van der Waals surface area (Å²) in [5.41, 5.74) is 1.92. The number of carbonyl (C=O) groups is 2. The lowest BCUT2D eigenvalue weighted by Crippen LogP contribution is -2.46. The number of piperidine rings is 1. The van der Waals surface area contributed by atoms with Gasteiger partial charge in [-0.2, -0.15) is 0 Å². The normalized spacial score (nSPS) is 20.8. The molecule has 1 aromatic rings. The van der Waals surface area contributed by atoms with Crippen LogP contribution in [0.15, 0.2) is 24.3 Å². The summed E-state index contributed by atoms with van der Waals surface area (Å²) in [5.74, 6) is -0.598. The minimum Gasteiger partial charge on any atom is -0.481 e. The van der Waals surface area contributed by atoms with Gasteiger partial charge < -0.3 is 5.11 Å². The molecule has 0 radical (unpaired) electrons. The van der Waals surface area contributed by atoms with Crippen molar-refractivity contribution in [1.82, 2.24) is 4.90 Å². The fraction of sp³-hybridized carbons (Fsp3) is 0.556. The Balaban J connectivity index is 2.06. The average molecular weight is 303 g/mol. The number of rotatable bonds is 5. The van der Waals surface area contributed by atoms with E-state index >= 15 is 0 Å². The van der Waals surface area contributed by atoms with Gasteiger partial charge in [0.05, 0.1) is 12.0 Å². The Hall–Kier alpha value is -1.68. The maximum atomic E-state index is 12.6. The van der Waals surface area contributed by atoms with E-state index in [2.05, 4.69) is 13.8 Å². The molecule has 4 nitrogen and oxygen atoms in total. The summed E-state index contributed by atoms with van der Waals surface area (Å²) in [5, 5.41) is 9.16. The Labute approximate surface area is 132 Å². The molecular weight excluding hydrogens is 278 g/mol. The second-order valence-electron chi connectivity index (χ2n) is 6.49. The third-order valence-electron chi connectivity index (χ3n) is 4.59. The van der Waals surface area contributed by atoms with E-state index in [-0.39, 0.29) is 17.7 Å². The highest BCUT2D eigenvalue weighted by Gasteiger charge is 2.30. The van der Waals surface area contributed by atoms with Crippen LogP contribution < -0.4 is 0 Å². The molecule has 1 aromatic carbocycles. The van der Waals surface area contributed by atoms with Crippen LogP contribution in [0.2, 0.25) is 0 Å². The Morgan fingerprint density at radius 2 is 1.82 bits per heavy atom. The summed E-state index contributed by atoms with van der Waals surface area (Å²) in [7, 11) is 0. The van der Waals surface area contributed by atoms with Crippen molar-refractivity contribution in [3.8, 4) is 0 Å². The maximum Gasteiger partial charge on any atom is 0.307 e. The molecular formula is C18H25NO3. The third kappa shape index (κ3) is 3.74. The minimum absolute atomic E-state index is 0.0707. The first-order valence-corrected chi connectivity index (χ1v) is 8.01. The highest BCUT2D eigenvalue weighted by atomic mass is 16.4. The van der Waals surface area contributed by atoms with E-state index in [1.165, 1.54) is 5.56 Å². The number of likely N-dealkylation sites (tertiary alicyclic amines) is 1. The van der Waals surface area contributed by atoms with Gasteiger partial charge in [0.15, 0.2) is 5.78 Å². The summed E-state index contributed by atoms with van der Waals surface area (Å²) in [4.78, 5) is 25.8. The van der Waals surface area contributed by atoms with Crippen LogP contribution in [0.25, 0.3) is 0 Å². The van der Waals surface area contributed by atoms with Crippen molar-refractivity contribution >= 4 is 11.8 Å². The molecule has 0 amide bonds. The fourth-order valence-corrected chi connectivity index (χ4v) is 3.00. The molecule has 120 valence electrons. The molecule has 1 N–H and O–H groups in total. The van der Waals surface area contributed by atoms with Crippen LogP contribution in [0, 0.1) is 5.92 Å². The number of carbonyl (C=O) groups excluding carboxylic acids is 1. The first-order valence-electron chi connectivity index (χ1n) is 8.01. The van der Waals surface area contributed by atoms with Gasteiger partial charge in [0.2, 0.25) is 0 Å². The molecule has 2 atom stereocenters. The van der Waals surface area contributed by atoms with E-state index in [1.807, 2.05) is 36.1 Å². The van der Waals surface area contributed by atoms with E-state index in [0.717, 1.165) is 13.0 Å². The lowest BCUT2D eigenvalue weighted by atomic mass is 9.94. The Morgan fingerprint density at radius 3 is 2.36 bits per heavy atom. The summed E-state index contributed by atoms with van der Waals surface area (Å²) < 4.78 is 0. The molecule has 22 heavy (non-hydrogen) atoms. The molecule has 2 unspecified atom stereocenters. The predicted octanol–water partition coefficient (Wildman–Crippen LogP) is 3.18. The molecule has 1 aliphatic rings. The SMILES string of the molecule is CC(C)c1ccc(C(=O)C(C)N2CCCC(C(=O)O)C2)cc1. The molecule has 0 aliphatic carbocycles. The van der Waals surface area contributed by atoms with Gasteiger partial charge in [-0.1, -0.05) is 38.1 Å². The highest BCUT2D eigenvalue weighted by Crippen LogP contribution is 2.21. The molecule has 0 bridgehead atoms. The zero-order chi connectivity index (χ0) is 16.3. The van der Waals surface area contributed by atoms with Gasteiger partial charge >= 0.3 is 5.97 Å². The lowest BCUT2D eigenvalue weighted by Gasteiger charge is -2.34. The van der Waals surface area contributed by atoms with Gasteiger partial charge in [-0.05, 0) is 37.8 Å². The number of benzene rings is 1. The Morgan fingerprint density at radius 1 is 1.18 bits per heavy atom. The highest BCUT2D eigenvalue weighted by molar-refractivity contribution is 5.99. The average Bonchev–Trinajstić information content (AvgIpc) is 2.53. The molecule has 1 saturated heterocycles. The first-order chi connectivity index (χ1) is 10.4. The maximum absolute atomic E-state index is 12.6. The van der Waals surface area contributed by atoms with Crippen molar-refractivity contribution in [1.29, 1.82) is 0 Å². The van der Waals surface area contributed by atoms with Crippen molar-refractivity contribution in [2.45, 2.75) is 45.6 Å². The van der Waals surface area contributed by atoms with E-state index in [9.17, 15) is 9.59 Å². The van der Waals surface area contributed by atoms with Gasteiger partial charge in [-0.15, -0.1) is 0 Å².